The minimum Gasteiger partial charge on any atom is -0.383 e. The summed E-state index contributed by atoms with van der Waals surface area (Å²) >= 11 is 5.91. The van der Waals surface area contributed by atoms with E-state index in [1.54, 1.807) is 30.1 Å². The molecule has 2 heterocycles. The summed E-state index contributed by atoms with van der Waals surface area (Å²) in [5.74, 6) is 0.694. The molecule has 0 radical (unpaired) electrons. The minimum atomic E-state index is -0.532. The van der Waals surface area contributed by atoms with Crippen molar-refractivity contribution in [1.29, 1.82) is 0 Å². The molecule has 0 unspecified atom stereocenters. The topological polar surface area (TPSA) is 110 Å². The molecule has 0 amide bonds. The summed E-state index contributed by atoms with van der Waals surface area (Å²) in [4.78, 5) is 28.4. The zero-order chi connectivity index (χ0) is 20.3. The van der Waals surface area contributed by atoms with Crippen LogP contribution in [0.3, 0.4) is 0 Å². The van der Waals surface area contributed by atoms with Crippen LogP contribution < -0.4 is 21.9 Å². The van der Waals surface area contributed by atoms with E-state index in [-0.39, 0.29) is 18.1 Å². The molecular weight excluding hydrogens is 382 g/mol. The quantitative estimate of drug-likeness (QED) is 0.627. The molecule has 3 rings (SSSR count). The van der Waals surface area contributed by atoms with Crippen LogP contribution in [0.15, 0.2) is 44.4 Å². The fraction of sp³-hybridized carbons (Fsp3) is 0.316. The standard InChI is InChI=1S/C19H22ClN5O3/c1-3-4-9-25-17(21)16(18(26)22-19(25)27)24(2)11-14-10-15(23-28-14)12-5-7-13(20)8-6-12/h5-8,10H,3-4,9,11,21H2,1-2H3,(H,22,26,27). The van der Waals surface area contributed by atoms with Crippen LogP contribution in [0.4, 0.5) is 11.5 Å². The van der Waals surface area contributed by atoms with E-state index in [2.05, 4.69) is 10.1 Å². The first-order valence-electron chi connectivity index (χ1n) is 8.96. The minimum absolute atomic E-state index is 0.141. The third-order valence-corrected chi connectivity index (χ3v) is 4.68. The number of rotatable bonds is 7. The van der Waals surface area contributed by atoms with Crippen molar-refractivity contribution in [1.82, 2.24) is 14.7 Å². The number of hydrogen-bond donors (Lipinski definition) is 2. The molecule has 0 saturated carbocycles. The van der Waals surface area contributed by atoms with Crippen LogP contribution in [-0.2, 0) is 13.1 Å². The van der Waals surface area contributed by atoms with Crippen molar-refractivity contribution in [3.8, 4) is 11.3 Å². The summed E-state index contributed by atoms with van der Waals surface area (Å²) < 4.78 is 6.78. The molecule has 1 aromatic carbocycles. The van der Waals surface area contributed by atoms with E-state index in [0.717, 1.165) is 18.4 Å². The Bertz CT molecular complexity index is 1070. The zero-order valence-electron chi connectivity index (χ0n) is 15.7. The van der Waals surface area contributed by atoms with Crippen LogP contribution in [-0.4, -0.2) is 21.8 Å². The first-order valence-corrected chi connectivity index (χ1v) is 9.33. The van der Waals surface area contributed by atoms with Gasteiger partial charge in [0.15, 0.2) is 5.76 Å². The van der Waals surface area contributed by atoms with E-state index in [1.165, 1.54) is 4.57 Å². The van der Waals surface area contributed by atoms with Crippen molar-refractivity contribution in [2.24, 2.45) is 0 Å². The Kier molecular flexibility index (Phi) is 5.89. The number of unbranched alkanes of at least 4 members (excludes halogenated alkanes) is 1. The van der Waals surface area contributed by atoms with E-state index < -0.39 is 11.2 Å². The Morgan fingerprint density at radius 3 is 2.68 bits per heavy atom. The molecule has 0 aliphatic carbocycles. The number of halogens is 1. The molecule has 3 N–H and O–H groups in total. The van der Waals surface area contributed by atoms with E-state index >= 15 is 0 Å². The lowest BCUT2D eigenvalue weighted by molar-refractivity contribution is 0.385. The maximum atomic E-state index is 12.3. The monoisotopic (exact) mass is 403 g/mol. The molecule has 0 atom stereocenters. The summed E-state index contributed by atoms with van der Waals surface area (Å²) in [7, 11) is 1.71. The molecule has 0 saturated heterocycles. The summed E-state index contributed by atoms with van der Waals surface area (Å²) in [6.07, 6.45) is 1.69. The number of nitrogens with zero attached hydrogens (tertiary/aromatic N) is 3. The molecule has 8 nitrogen and oxygen atoms in total. The zero-order valence-corrected chi connectivity index (χ0v) is 16.5. The van der Waals surface area contributed by atoms with E-state index in [9.17, 15) is 9.59 Å². The average molecular weight is 404 g/mol. The largest absolute Gasteiger partial charge is 0.383 e. The highest BCUT2D eigenvalue weighted by Crippen LogP contribution is 2.23. The Labute approximate surface area is 166 Å². The van der Waals surface area contributed by atoms with Crippen molar-refractivity contribution >= 4 is 23.1 Å². The molecule has 0 aliphatic rings. The van der Waals surface area contributed by atoms with Crippen LogP contribution in [0.2, 0.25) is 5.02 Å². The second kappa shape index (κ2) is 8.35. The number of anilines is 2. The molecule has 0 aliphatic heterocycles. The van der Waals surface area contributed by atoms with Gasteiger partial charge in [-0.15, -0.1) is 0 Å². The lowest BCUT2D eigenvalue weighted by Gasteiger charge is -2.20. The Balaban J connectivity index is 1.85. The number of nitrogen functional groups attached to an aromatic ring is 1. The van der Waals surface area contributed by atoms with Crippen LogP contribution in [0, 0.1) is 0 Å². The molecule has 148 valence electrons. The van der Waals surface area contributed by atoms with Crippen LogP contribution in [0.5, 0.6) is 0 Å². The molecule has 28 heavy (non-hydrogen) atoms. The fourth-order valence-corrected chi connectivity index (χ4v) is 3.07. The Hall–Kier alpha value is -3.00. The number of hydrogen-bond acceptors (Lipinski definition) is 6. The maximum absolute atomic E-state index is 12.3. The third kappa shape index (κ3) is 4.12. The van der Waals surface area contributed by atoms with Gasteiger partial charge in [0.05, 0.1) is 6.54 Å². The van der Waals surface area contributed by atoms with Gasteiger partial charge in [-0.25, -0.2) is 4.79 Å². The summed E-state index contributed by atoms with van der Waals surface area (Å²) in [6, 6.07) is 9.03. The predicted octanol–water partition coefficient (Wildman–Crippen LogP) is 2.86. The second-order valence-electron chi connectivity index (χ2n) is 6.54. The van der Waals surface area contributed by atoms with Gasteiger partial charge < -0.3 is 15.2 Å². The van der Waals surface area contributed by atoms with Gasteiger partial charge in [0.2, 0.25) is 0 Å². The summed E-state index contributed by atoms with van der Waals surface area (Å²) in [6.45, 7) is 2.73. The lowest BCUT2D eigenvalue weighted by Crippen LogP contribution is -2.37. The van der Waals surface area contributed by atoms with E-state index in [0.29, 0.717) is 23.0 Å². The highest BCUT2D eigenvalue weighted by Gasteiger charge is 2.18. The number of aromatic amines is 1. The molecule has 3 aromatic rings. The van der Waals surface area contributed by atoms with Gasteiger partial charge in [0.25, 0.3) is 5.56 Å². The molecule has 0 spiro atoms. The van der Waals surface area contributed by atoms with Crippen LogP contribution in [0.1, 0.15) is 25.5 Å². The van der Waals surface area contributed by atoms with Gasteiger partial charge in [-0.2, -0.15) is 0 Å². The Morgan fingerprint density at radius 2 is 2.00 bits per heavy atom. The van der Waals surface area contributed by atoms with Crippen molar-refractivity contribution in [2.45, 2.75) is 32.9 Å². The highest BCUT2D eigenvalue weighted by atomic mass is 35.5. The van der Waals surface area contributed by atoms with Crippen molar-refractivity contribution in [3.63, 3.8) is 0 Å². The summed E-state index contributed by atoms with van der Waals surface area (Å²) in [5, 5.41) is 4.70. The number of nitrogens with one attached hydrogen (secondary N) is 1. The molecular formula is C19H22ClN5O3. The first-order chi connectivity index (χ1) is 13.4. The predicted molar refractivity (Wildman–Crippen MR) is 110 cm³/mol. The molecule has 0 bridgehead atoms. The van der Waals surface area contributed by atoms with Gasteiger partial charge in [0, 0.05) is 30.2 Å². The van der Waals surface area contributed by atoms with Gasteiger partial charge >= 0.3 is 5.69 Å². The van der Waals surface area contributed by atoms with Gasteiger partial charge in [-0.1, -0.05) is 42.2 Å². The number of nitrogens with two attached hydrogens (primary N) is 1. The average Bonchev–Trinajstić information content (AvgIpc) is 3.10. The highest BCUT2D eigenvalue weighted by molar-refractivity contribution is 6.30. The maximum Gasteiger partial charge on any atom is 0.330 e. The number of benzene rings is 1. The van der Waals surface area contributed by atoms with Gasteiger partial charge in [-0.05, 0) is 18.6 Å². The number of H-pyrrole nitrogens is 1. The second-order valence-corrected chi connectivity index (χ2v) is 6.98. The van der Waals surface area contributed by atoms with Crippen molar-refractivity contribution < 1.29 is 4.52 Å². The van der Waals surface area contributed by atoms with Crippen molar-refractivity contribution in [3.05, 3.63) is 62.0 Å². The van der Waals surface area contributed by atoms with Gasteiger partial charge in [0.1, 0.15) is 17.2 Å². The first kappa shape index (κ1) is 19.8. The lowest BCUT2D eigenvalue weighted by atomic mass is 10.1. The normalized spacial score (nSPS) is 11.0. The fourth-order valence-electron chi connectivity index (χ4n) is 2.94. The van der Waals surface area contributed by atoms with Crippen LogP contribution >= 0.6 is 11.6 Å². The number of aromatic nitrogens is 3. The van der Waals surface area contributed by atoms with Gasteiger partial charge in [-0.3, -0.25) is 14.3 Å². The van der Waals surface area contributed by atoms with E-state index in [1.807, 2.05) is 19.1 Å². The smallest absolute Gasteiger partial charge is 0.330 e. The third-order valence-electron chi connectivity index (χ3n) is 4.42. The SMILES string of the molecule is CCCCn1c(N)c(N(C)Cc2cc(-c3ccc(Cl)cc3)no2)c(=O)[nH]c1=O. The Morgan fingerprint density at radius 1 is 1.29 bits per heavy atom. The van der Waals surface area contributed by atoms with Crippen LogP contribution in [0.25, 0.3) is 11.3 Å². The molecule has 9 heteroatoms. The van der Waals surface area contributed by atoms with E-state index in [4.69, 9.17) is 21.9 Å². The molecule has 0 fully saturated rings. The molecule has 2 aromatic heterocycles. The summed E-state index contributed by atoms with van der Waals surface area (Å²) in [5.41, 5.74) is 6.85. The van der Waals surface area contributed by atoms with Crippen molar-refractivity contribution in [2.75, 3.05) is 17.7 Å².